The van der Waals surface area contributed by atoms with Crippen LogP contribution in [0.3, 0.4) is 0 Å². The minimum absolute atomic E-state index is 0.0618. The predicted octanol–water partition coefficient (Wildman–Crippen LogP) is 3.46. The lowest BCUT2D eigenvalue weighted by Crippen LogP contribution is -2.41. The van der Waals surface area contributed by atoms with Gasteiger partial charge in [-0.3, -0.25) is 30.6 Å². The third-order valence-electron chi connectivity index (χ3n) is 3.80. The van der Waals surface area contributed by atoms with Gasteiger partial charge >= 0.3 is 0 Å². The Balaban J connectivity index is 1.74. The van der Waals surface area contributed by atoms with E-state index in [0.717, 1.165) is 10.5 Å². The van der Waals surface area contributed by atoms with Gasteiger partial charge in [0.15, 0.2) is 0 Å². The number of nitrogens with zero attached hydrogens (tertiary/aromatic N) is 1. The van der Waals surface area contributed by atoms with Crippen LogP contribution < -0.4 is 10.9 Å². The SMILES string of the molecule is Cc1ccc(Sc2ccc(C(=O)NNC(=O)c3ccc[nH]3)cc2[N+](=O)[O-])cc1. The number of benzene rings is 2. The minimum atomic E-state index is -0.658. The quantitative estimate of drug-likeness (QED) is 0.451. The molecule has 2 amide bonds. The molecule has 3 aromatic rings. The summed E-state index contributed by atoms with van der Waals surface area (Å²) in [7, 11) is 0. The van der Waals surface area contributed by atoms with Gasteiger partial charge in [0.1, 0.15) is 5.69 Å². The van der Waals surface area contributed by atoms with E-state index in [4.69, 9.17) is 0 Å². The van der Waals surface area contributed by atoms with Crippen LogP contribution in [0.15, 0.2) is 70.6 Å². The van der Waals surface area contributed by atoms with Crippen molar-refractivity contribution in [3.05, 3.63) is 87.7 Å². The summed E-state index contributed by atoms with van der Waals surface area (Å²) in [5.74, 6) is -1.19. The average Bonchev–Trinajstić information content (AvgIpc) is 3.22. The summed E-state index contributed by atoms with van der Waals surface area (Å²) in [5.41, 5.74) is 5.73. The third-order valence-corrected chi connectivity index (χ3v) is 4.87. The van der Waals surface area contributed by atoms with Crippen molar-refractivity contribution < 1.29 is 14.5 Å². The zero-order chi connectivity index (χ0) is 20.1. The molecule has 0 radical (unpaired) electrons. The number of rotatable bonds is 5. The zero-order valence-electron chi connectivity index (χ0n) is 14.8. The van der Waals surface area contributed by atoms with Crippen molar-refractivity contribution in [3.63, 3.8) is 0 Å². The van der Waals surface area contributed by atoms with Gasteiger partial charge in [-0.05, 0) is 43.3 Å². The van der Waals surface area contributed by atoms with Gasteiger partial charge < -0.3 is 4.98 Å². The highest BCUT2D eigenvalue weighted by Gasteiger charge is 2.19. The van der Waals surface area contributed by atoms with Gasteiger partial charge in [0, 0.05) is 22.7 Å². The molecule has 1 aromatic heterocycles. The molecule has 0 atom stereocenters. The molecular formula is C19H16N4O4S. The Morgan fingerprint density at radius 3 is 2.39 bits per heavy atom. The molecule has 9 heteroatoms. The fraction of sp³-hybridized carbons (Fsp3) is 0.0526. The molecule has 142 valence electrons. The van der Waals surface area contributed by atoms with Gasteiger partial charge in [0.25, 0.3) is 17.5 Å². The molecule has 1 heterocycles. The monoisotopic (exact) mass is 396 g/mol. The van der Waals surface area contributed by atoms with Crippen LogP contribution in [-0.4, -0.2) is 21.7 Å². The molecule has 0 saturated heterocycles. The lowest BCUT2D eigenvalue weighted by atomic mass is 10.2. The first-order chi connectivity index (χ1) is 13.4. The van der Waals surface area contributed by atoms with E-state index in [1.54, 1.807) is 18.3 Å². The van der Waals surface area contributed by atoms with Crippen molar-refractivity contribution in [2.75, 3.05) is 0 Å². The lowest BCUT2D eigenvalue weighted by molar-refractivity contribution is -0.387. The van der Waals surface area contributed by atoms with Crippen LogP contribution in [0.1, 0.15) is 26.4 Å². The fourth-order valence-electron chi connectivity index (χ4n) is 2.35. The molecule has 0 fully saturated rings. The number of nitro groups is 1. The van der Waals surface area contributed by atoms with Gasteiger partial charge in [0.2, 0.25) is 0 Å². The number of H-pyrrole nitrogens is 1. The first-order valence-corrected chi connectivity index (χ1v) is 9.03. The van der Waals surface area contributed by atoms with Gasteiger partial charge in [-0.25, -0.2) is 0 Å². The standard InChI is InChI=1S/C19H16N4O4S/c1-12-4-7-14(8-5-12)28-17-9-6-13(11-16(17)23(26)27)18(24)21-22-19(25)15-3-2-10-20-15/h2-11,20H,1H3,(H,21,24)(H,22,25). The number of amides is 2. The van der Waals surface area contributed by atoms with E-state index in [-0.39, 0.29) is 16.9 Å². The van der Waals surface area contributed by atoms with Crippen molar-refractivity contribution in [1.29, 1.82) is 0 Å². The molecule has 3 N–H and O–H groups in total. The second-order valence-corrected chi connectivity index (χ2v) is 6.96. The number of nitro benzene ring substituents is 1. The van der Waals surface area contributed by atoms with Crippen molar-refractivity contribution in [2.24, 2.45) is 0 Å². The summed E-state index contributed by atoms with van der Waals surface area (Å²) in [6.45, 7) is 1.96. The summed E-state index contributed by atoms with van der Waals surface area (Å²) in [6.07, 6.45) is 1.57. The van der Waals surface area contributed by atoms with Crippen molar-refractivity contribution in [3.8, 4) is 0 Å². The summed E-state index contributed by atoms with van der Waals surface area (Å²) in [6, 6.07) is 15.0. The van der Waals surface area contributed by atoms with Crippen molar-refractivity contribution in [1.82, 2.24) is 15.8 Å². The van der Waals surface area contributed by atoms with Crippen LogP contribution in [0.4, 0.5) is 5.69 Å². The van der Waals surface area contributed by atoms with Gasteiger partial charge in [0.05, 0.1) is 9.82 Å². The maximum Gasteiger partial charge on any atom is 0.286 e. The number of aromatic nitrogens is 1. The van der Waals surface area contributed by atoms with E-state index in [1.807, 2.05) is 31.2 Å². The summed E-state index contributed by atoms with van der Waals surface area (Å²) < 4.78 is 0. The Bertz CT molecular complexity index is 1020. The Labute approximate surface area is 164 Å². The molecule has 0 saturated carbocycles. The Kier molecular flexibility index (Phi) is 5.75. The topological polar surface area (TPSA) is 117 Å². The highest BCUT2D eigenvalue weighted by Crippen LogP contribution is 2.35. The van der Waals surface area contributed by atoms with Gasteiger partial charge in [-0.15, -0.1) is 0 Å². The molecule has 0 bridgehead atoms. The molecule has 0 unspecified atom stereocenters. The largest absolute Gasteiger partial charge is 0.357 e. The van der Waals surface area contributed by atoms with E-state index in [1.165, 1.54) is 30.0 Å². The number of carbonyl (C=O) groups excluding carboxylic acids is 2. The summed E-state index contributed by atoms with van der Waals surface area (Å²) >= 11 is 1.24. The maximum atomic E-state index is 12.2. The Morgan fingerprint density at radius 2 is 1.75 bits per heavy atom. The van der Waals surface area contributed by atoms with Gasteiger partial charge in [-0.2, -0.15) is 0 Å². The van der Waals surface area contributed by atoms with E-state index >= 15 is 0 Å². The Morgan fingerprint density at radius 1 is 1.04 bits per heavy atom. The summed E-state index contributed by atoms with van der Waals surface area (Å²) in [5, 5.41) is 11.4. The third kappa shape index (κ3) is 4.57. The van der Waals surface area contributed by atoms with E-state index in [9.17, 15) is 19.7 Å². The van der Waals surface area contributed by atoms with Crippen LogP contribution in [-0.2, 0) is 0 Å². The number of hydrogen-bond donors (Lipinski definition) is 3. The van der Waals surface area contributed by atoms with Crippen molar-refractivity contribution in [2.45, 2.75) is 16.7 Å². The summed E-state index contributed by atoms with van der Waals surface area (Å²) in [4.78, 5) is 38.9. The lowest BCUT2D eigenvalue weighted by Gasteiger charge is -2.08. The number of carbonyl (C=O) groups is 2. The smallest absolute Gasteiger partial charge is 0.286 e. The highest BCUT2D eigenvalue weighted by molar-refractivity contribution is 7.99. The molecule has 8 nitrogen and oxygen atoms in total. The first-order valence-electron chi connectivity index (χ1n) is 8.21. The van der Waals surface area contributed by atoms with Crippen LogP contribution in [0.2, 0.25) is 0 Å². The maximum absolute atomic E-state index is 12.2. The number of hydrazine groups is 1. The highest BCUT2D eigenvalue weighted by atomic mass is 32.2. The number of nitrogens with one attached hydrogen (secondary N) is 3. The number of aromatic amines is 1. The van der Waals surface area contributed by atoms with E-state index in [2.05, 4.69) is 15.8 Å². The number of hydrogen-bond acceptors (Lipinski definition) is 5. The number of aryl methyl sites for hydroxylation is 1. The molecule has 2 aromatic carbocycles. The van der Waals surface area contributed by atoms with E-state index < -0.39 is 16.7 Å². The molecule has 0 aliphatic rings. The zero-order valence-corrected chi connectivity index (χ0v) is 15.6. The average molecular weight is 396 g/mol. The van der Waals surface area contributed by atoms with Crippen molar-refractivity contribution >= 4 is 29.3 Å². The predicted molar refractivity (Wildman–Crippen MR) is 104 cm³/mol. The van der Waals surface area contributed by atoms with Gasteiger partial charge in [-0.1, -0.05) is 29.5 Å². The second-order valence-electron chi connectivity index (χ2n) is 5.85. The molecule has 3 rings (SSSR count). The molecular weight excluding hydrogens is 380 g/mol. The second kappa shape index (κ2) is 8.40. The fourth-order valence-corrected chi connectivity index (χ4v) is 3.25. The van der Waals surface area contributed by atoms with E-state index in [0.29, 0.717) is 4.90 Å². The normalized spacial score (nSPS) is 10.3. The minimum Gasteiger partial charge on any atom is -0.357 e. The Hall–Kier alpha value is -3.59. The molecule has 0 spiro atoms. The van der Waals surface area contributed by atoms with Crippen LogP contribution >= 0.6 is 11.8 Å². The molecule has 0 aliphatic carbocycles. The van der Waals surface area contributed by atoms with Crippen LogP contribution in [0, 0.1) is 17.0 Å². The first kappa shape index (κ1) is 19.2. The van der Waals surface area contributed by atoms with Crippen LogP contribution in [0.5, 0.6) is 0 Å². The van der Waals surface area contributed by atoms with Crippen LogP contribution in [0.25, 0.3) is 0 Å². The molecule has 0 aliphatic heterocycles. The molecule has 28 heavy (non-hydrogen) atoms.